The van der Waals surface area contributed by atoms with E-state index in [-0.39, 0.29) is 6.04 Å². The van der Waals surface area contributed by atoms with Gasteiger partial charge in [-0.2, -0.15) is 0 Å². The lowest BCUT2D eigenvalue weighted by Crippen LogP contribution is -1.93. The van der Waals surface area contributed by atoms with Crippen molar-refractivity contribution in [1.82, 2.24) is 0 Å². The second-order valence-electron chi connectivity index (χ2n) is 3.17. The average molecular weight is 155 g/mol. The number of unbranched alkanes of at least 4 members (excludes halogenated alkanes) is 4. The Morgan fingerprint density at radius 3 is 2.36 bits per heavy atom. The van der Waals surface area contributed by atoms with Gasteiger partial charge in [0, 0.05) is 13.3 Å². The smallest absolute Gasteiger partial charge is 0.0654 e. The molecule has 0 fully saturated rings. The van der Waals surface area contributed by atoms with Crippen LogP contribution >= 0.6 is 0 Å². The largest absolute Gasteiger partial charge is 0.311 e. The van der Waals surface area contributed by atoms with E-state index >= 15 is 0 Å². The van der Waals surface area contributed by atoms with Crippen molar-refractivity contribution in [3.05, 3.63) is 4.98 Å². The highest BCUT2D eigenvalue weighted by Gasteiger charge is 2.09. The maximum atomic E-state index is 8.36. The van der Waals surface area contributed by atoms with Crippen molar-refractivity contribution in [3.63, 3.8) is 0 Å². The summed E-state index contributed by atoms with van der Waals surface area (Å²) in [6.45, 7) is 4.16. The third-order valence-electron chi connectivity index (χ3n) is 1.92. The standard InChI is InChI=1S/C9H19N2/c1-3-4-5-6-7-8-9(2)11-10/h9H,3-8H2,1-2H3/q+1. The Bertz CT molecular complexity index is 115. The molecule has 1 unspecified atom stereocenters. The highest BCUT2D eigenvalue weighted by atomic mass is 14.9. The van der Waals surface area contributed by atoms with Crippen molar-refractivity contribution in [3.8, 4) is 0 Å². The molecule has 0 aromatic rings. The maximum absolute atomic E-state index is 8.36. The minimum atomic E-state index is 0.136. The number of diazo groups is 1. The Kier molecular flexibility index (Phi) is 7.13. The number of hydrogen-bond acceptors (Lipinski definition) is 1. The van der Waals surface area contributed by atoms with E-state index in [0.29, 0.717) is 0 Å². The van der Waals surface area contributed by atoms with Crippen LogP contribution in [0, 0.1) is 5.39 Å². The van der Waals surface area contributed by atoms with Gasteiger partial charge in [0.25, 0.3) is 0 Å². The van der Waals surface area contributed by atoms with Crippen molar-refractivity contribution in [2.45, 2.75) is 58.4 Å². The molecule has 0 spiro atoms. The molecule has 0 bridgehead atoms. The minimum Gasteiger partial charge on any atom is -0.0654 e. The molecular weight excluding hydrogens is 136 g/mol. The summed E-state index contributed by atoms with van der Waals surface area (Å²) in [7, 11) is 0. The van der Waals surface area contributed by atoms with Gasteiger partial charge in [-0.15, -0.1) is 0 Å². The van der Waals surface area contributed by atoms with Crippen molar-refractivity contribution in [2.24, 2.45) is 0 Å². The Morgan fingerprint density at radius 2 is 1.82 bits per heavy atom. The molecule has 0 aliphatic rings. The first-order valence-electron chi connectivity index (χ1n) is 4.65. The molecule has 2 nitrogen and oxygen atoms in total. The van der Waals surface area contributed by atoms with Crippen LogP contribution in [0.5, 0.6) is 0 Å². The van der Waals surface area contributed by atoms with Crippen LogP contribution in [0.4, 0.5) is 0 Å². The molecule has 0 rings (SSSR count). The zero-order chi connectivity index (χ0) is 8.53. The van der Waals surface area contributed by atoms with E-state index < -0.39 is 0 Å². The molecule has 0 aromatic heterocycles. The van der Waals surface area contributed by atoms with E-state index in [2.05, 4.69) is 11.9 Å². The van der Waals surface area contributed by atoms with E-state index in [9.17, 15) is 0 Å². The van der Waals surface area contributed by atoms with E-state index in [1.807, 2.05) is 6.92 Å². The van der Waals surface area contributed by atoms with E-state index in [1.165, 1.54) is 32.1 Å². The molecule has 2 heteroatoms. The third-order valence-corrected chi connectivity index (χ3v) is 1.92. The monoisotopic (exact) mass is 155 g/mol. The summed E-state index contributed by atoms with van der Waals surface area (Å²) in [5.41, 5.74) is 0. The Labute approximate surface area is 69.6 Å². The van der Waals surface area contributed by atoms with Gasteiger partial charge in [0.15, 0.2) is 0 Å². The molecule has 0 aliphatic heterocycles. The summed E-state index contributed by atoms with van der Waals surface area (Å²) in [4.78, 5) is 3.21. The predicted octanol–water partition coefficient (Wildman–Crippen LogP) is 3.59. The molecular formula is C9H19N2+. The number of rotatable bonds is 6. The van der Waals surface area contributed by atoms with Gasteiger partial charge in [-0.05, 0) is 6.42 Å². The highest BCUT2D eigenvalue weighted by Crippen LogP contribution is 2.08. The van der Waals surface area contributed by atoms with Crippen molar-refractivity contribution < 1.29 is 0 Å². The summed E-state index contributed by atoms with van der Waals surface area (Å²) in [6.07, 6.45) is 7.47. The van der Waals surface area contributed by atoms with Gasteiger partial charge in [-0.1, -0.05) is 32.6 Å². The summed E-state index contributed by atoms with van der Waals surface area (Å²) in [5.74, 6) is 0. The second-order valence-corrected chi connectivity index (χ2v) is 3.17. The van der Waals surface area contributed by atoms with Gasteiger partial charge in [0.2, 0.25) is 5.39 Å². The second kappa shape index (κ2) is 7.53. The normalized spacial score (nSPS) is 12.5. The van der Waals surface area contributed by atoms with Crippen LogP contribution in [0.2, 0.25) is 0 Å². The fourth-order valence-electron chi connectivity index (χ4n) is 1.10. The van der Waals surface area contributed by atoms with Crippen molar-refractivity contribution >= 4 is 0 Å². The van der Waals surface area contributed by atoms with Gasteiger partial charge >= 0.3 is 6.04 Å². The summed E-state index contributed by atoms with van der Waals surface area (Å²) < 4.78 is 0. The first kappa shape index (κ1) is 10.4. The number of hydrogen-bond donors (Lipinski definition) is 0. The lowest BCUT2D eigenvalue weighted by atomic mass is 10.1. The highest BCUT2D eigenvalue weighted by molar-refractivity contribution is 4.68. The van der Waals surface area contributed by atoms with Crippen LogP contribution in [0.25, 0.3) is 4.98 Å². The average Bonchev–Trinajstić information content (AvgIpc) is 2.04. The Hall–Kier alpha value is -0.580. The van der Waals surface area contributed by atoms with E-state index in [0.717, 1.165) is 6.42 Å². The van der Waals surface area contributed by atoms with E-state index in [4.69, 9.17) is 5.39 Å². The topological polar surface area (TPSA) is 28.1 Å². The van der Waals surface area contributed by atoms with Crippen molar-refractivity contribution in [1.29, 1.82) is 5.39 Å². The fraction of sp³-hybridized carbons (Fsp3) is 1.00. The lowest BCUT2D eigenvalue weighted by Gasteiger charge is -1.95. The number of nitrogens with zero attached hydrogens (tertiary/aromatic N) is 2. The van der Waals surface area contributed by atoms with Crippen LogP contribution in [-0.2, 0) is 0 Å². The molecule has 0 aliphatic carbocycles. The van der Waals surface area contributed by atoms with Gasteiger partial charge in [0.05, 0.1) is 0 Å². The van der Waals surface area contributed by atoms with Gasteiger partial charge in [-0.3, -0.25) is 0 Å². The van der Waals surface area contributed by atoms with E-state index in [1.54, 1.807) is 0 Å². The molecule has 0 radical (unpaired) electrons. The first-order chi connectivity index (χ1) is 5.31. The maximum Gasteiger partial charge on any atom is 0.311 e. The minimum absolute atomic E-state index is 0.136. The Balaban J connectivity index is 2.97. The molecule has 0 amide bonds. The lowest BCUT2D eigenvalue weighted by molar-refractivity contribution is 0.587. The summed E-state index contributed by atoms with van der Waals surface area (Å²) >= 11 is 0. The SMILES string of the molecule is CCCCCCCC(C)[N+]#N. The molecule has 0 heterocycles. The Morgan fingerprint density at radius 1 is 1.18 bits per heavy atom. The molecule has 0 saturated heterocycles. The zero-order valence-corrected chi connectivity index (χ0v) is 7.71. The van der Waals surface area contributed by atoms with Crippen LogP contribution in [0.1, 0.15) is 52.4 Å². The molecule has 11 heavy (non-hydrogen) atoms. The van der Waals surface area contributed by atoms with Crippen molar-refractivity contribution in [2.75, 3.05) is 0 Å². The molecule has 0 saturated carbocycles. The molecule has 64 valence electrons. The zero-order valence-electron chi connectivity index (χ0n) is 7.71. The quantitative estimate of drug-likeness (QED) is 0.425. The molecule has 1 atom stereocenters. The van der Waals surface area contributed by atoms with Crippen LogP contribution in [-0.4, -0.2) is 6.04 Å². The van der Waals surface area contributed by atoms with Crippen LogP contribution in [0.15, 0.2) is 0 Å². The first-order valence-corrected chi connectivity index (χ1v) is 4.65. The molecule has 0 aromatic carbocycles. The van der Waals surface area contributed by atoms with Gasteiger partial charge in [-0.25, -0.2) is 0 Å². The van der Waals surface area contributed by atoms with Crippen LogP contribution in [0.3, 0.4) is 0 Å². The predicted molar refractivity (Wildman–Crippen MR) is 47.9 cm³/mol. The van der Waals surface area contributed by atoms with Gasteiger partial charge in [0.1, 0.15) is 4.98 Å². The molecule has 0 N–H and O–H groups in total. The summed E-state index contributed by atoms with van der Waals surface area (Å²) in [6, 6.07) is 0.136. The van der Waals surface area contributed by atoms with Crippen LogP contribution < -0.4 is 0 Å². The third kappa shape index (κ3) is 7.32. The summed E-state index contributed by atoms with van der Waals surface area (Å²) in [5, 5.41) is 8.36. The van der Waals surface area contributed by atoms with Gasteiger partial charge < -0.3 is 0 Å². The fourth-order valence-corrected chi connectivity index (χ4v) is 1.10.